The van der Waals surface area contributed by atoms with Gasteiger partial charge in [-0.2, -0.15) is 0 Å². The van der Waals surface area contributed by atoms with Crippen molar-refractivity contribution in [3.63, 3.8) is 0 Å². The maximum Gasteiger partial charge on any atom is 0.274 e. The number of nitrogens with one attached hydrogen (secondary N) is 2. The van der Waals surface area contributed by atoms with Crippen LogP contribution in [-0.4, -0.2) is 29.0 Å². The Kier molecular flexibility index (Phi) is 6.79. The Morgan fingerprint density at radius 2 is 1.90 bits per heavy atom. The highest BCUT2D eigenvalue weighted by Crippen LogP contribution is 2.23. The average molecular weight is 390 g/mol. The van der Waals surface area contributed by atoms with Gasteiger partial charge in [0.25, 0.3) is 5.91 Å². The summed E-state index contributed by atoms with van der Waals surface area (Å²) in [6, 6.07) is 13.6. The molecule has 29 heavy (non-hydrogen) atoms. The van der Waals surface area contributed by atoms with Gasteiger partial charge in [-0.15, -0.1) is 0 Å². The SMILES string of the molecule is CCN(CC)c1ccc(NC(=O)c2cc(NCc3cccnc3)ccn2)c(C)c1. The van der Waals surface area contributed by atoms with E-state index in [-0.39, 0.29) is 5.91 Å². The second-order valence-corrected chi connectivity index (χ2v) is 6.77. The van der Waals surface area contributed by atoms with Crippen LogP contribution in [0.1, 0.15) is 35.5 Å². The van der Waals surface area contributed by atoms with E-state index in [2.05, 4.69) is 45.4 Å². The molecule has 0 fully saturated rings. The van der Waals surface area contributed by atoms with Crippen LogP contribution in [0.25, 0.3) is 0 Å². The Bertz CT molecular complexity index is 954. The van der Waals surface area contributed by atoms with Crippen molar-refractivity contribution in [3.05, 3.63) is 77.9 Å². The monoisotopic (exact) mass is 389 g/mol. The molecule has 1 amide bonds. The molecule has 2 heterocycles. The minimum Gasteiger partial charge on any atom is -0.381 e. The molecule has 150 valence electrons. The number of hydrogen-bond donors (Lipinski definition) is 2. The first-order valence-electron chi connectivity index (χ1n) is 9.86. The van der Waals surface area contributed by atoms with Crippen molar-refractivity contribution in [1.82, 2.24) is 9.97 Å². The highest BCUT2D eigenvalue weighted by Gasteiger charge is 2.11. The maximum atomic E-state index is 12.7. The van der Waals surface area contributed by atoms with E-state index in [9.17, 15) is 4.79 Å². The fraction of sp³-hybridized carbons (Fsp3) is 0.261. The summed E-state index contributed by atoms with van der Waals surface area (Å²) in [5.74, 6) is -0.228. The fourth-order valence-corrected chi connectivity index (χ4v) is 3.13. The van der Waals surface area contributed by atoms with E-state index in [1.54, 1.807) is 18.5 Å². The number of hydrogen-bond acceptors (Lipinski definition) is 5. The average Bonchev–Trinajstić information content (AvgIpc) is 2.76. The minimum atomic E-state index is -0.228. The van der Waals surface area contributed by atoms with Crippen LogP contribution in [0, 0.1) is 6.92 Å². The second-order valence-electron chi connectivity index (χ2n) is 6.77. The summed E-state index contributed by atoms with van der Waals surface area (Å²) in [4.78, 5) is 23.3. The highest BCUT2D eigenvalue weighted by atomic mass is 16.1. The summed E-state index contributed by atoms with van der Waals surface area (Å²) in [5.41, 5.74) is 5.25. The number of carbonyl (C=O) groups excluding carboxylic acids is 1. The van der Waals surface area contributed by atoms with Gasteiger partial charge in [-0.3, -0.25) is 14.8 Å². The fourth-order valence-electron chi connectivity index (χ4n) is 3.13. The van der Waals surface area contributed by atoms with Crippen molar-refractivity contribution in [1.29, 1.82) is 0 Å². The summed E-state index contributed by atoms with van der Waals surface area (Å²) < 4.78 is 0. The molecule has 6 nitrogen and oxygen atoms in total. The maximum absolute atomic E-state index is 12.7. The highest BCUT2D eigenvalue weighted by molar-refractivity contribution is 6.03. The number of benzene rings is 1. The van der Waals surface area contributed by atoms with Gasteiger partial charge in [0.2, 0.25) is 0 Å². The summed E-state index contributed by atoms with van der Waals surface area (Å²) in [7, 11) is 0. The molecule has 6 heteroatoms. The molecule has 2 N–H and O–H groups in total. The van der Waals surface area contributed by atoms with Gasteiger partial charge < -0.3 is 15.5 Å². The molecule has 3 aromatic rings. The smallest absolute Gasteiger partial charge is 0.274 e. The molecule has 0 atom stereocenters. The van der Waals surface area contributed by atoms with Gasteiger partial charge in [0, 0.05) is 55.3 Å². The summed E-state index contributed by atoms with van der Waals surface area (Å²) in [6.07, 6.45) is 5.19. The Balaban J connectivity index is 1.68. The zero-order valence-corrected chi connectivity index (χ0v) is 17.1. The molecule has 0 aliphatic carbocycles. The van der Waals surface area contributed by atoms with Crippen LogP contribution in [-0.2, 0) is 6.54 Å². The van der Waals surface area contributed by atoms with Gasteiger partial charge in [0.1, 0.15) is 5.69 Å². The van der Waals surface area contributed by atoms with Crippen LogP contribution in [0.4, 0.5) is 17.1 Å². The van der Waals surface area contributed by atoms with E-state index in [0.717, 1.165) is 41.3 Å². The molecule has 0 unspecified atom stereocenters. The first kappa shape index (κ1) is 20.3. The number of aryl methyl sites for hydroxylation is 1. The molecule has 1 aromatic carbocycles. The van der Waals surface area contributed by atoms with Crippen LogP contribution in [0.5, 0.6) is 0 Å². The lowest BCUT2D eigenvalue weighted by molar-refractivity contribution is 0.102. The zero-order chi connectivity index (χ0) is 20.6. The lowest BCUT2D eigenvalue weighted by Gasteiger charge is -2.22. The molecule has 0 radical (unpaired) electrons. The van der Waals surface area contributed by atoms with Gasteiger partial charge in [-0.05, 0) is 68.3 Å². The second kappa shape index (κ2) is 9.68. The van der Waals surface area contributed by atoms with Crippen molar-refractivity contribution in [3.8, 4) is 0 Å². The molecule has 0 bridgehead atoms. The molecule has 3 rings (SSSR count). The third-order valence-electron chi connectivity index (χ3n) is 4.80. The molecule has 0 saturated carbocycles. The standard InChI is InChI=1S/C23H27N5O/c1-4-28(5-2)20-8-9-21(17(3)13-20)27-23(29)22-14-19(10-12-25-22)26-16-18-7-6-11-24-15-18/h6-15H,4-5,16H2,1-3H3,(H,25,26)(H,27,29). The number of amides is 1. The van der Waals surface area contributed by atoms with Gasteiger partial charge >= 0.3 is 0 Å². The van der Waals surface area contributed by atoms with Crippen LogP contribution < -0.4 is 15.5 Å². The predicted molar refractivity (Wildman–Crippen MR) is 118 cm³/mol. The van der Waals surface area contributed by atoms with Gasteiger partial charge in [-0.1, -0.05) is 6.07 Å². The zero-order valence-electron chi connectivity index (χ0n) is 17.1. The van der Waals surface area contributed by atoms with E-state index in [4.69, 9.17) is 0 Å². The normalized spacial score (nSPS) is 10.4. The number of aromatic nitrogens is 2. The molecular formula is C23H27N5O. The third kappa shape index (κ3) is 5.31. The number of rotatable bonds is 8. The predicted octanol–water partition coefficient (Wildman–Crippen LogP) is 4.50. The van der Waals surface area contributed by atoms with Gasteiger partial charge in [0.15, 0.2) is 0 Å². The first-order chi connectivity index (χ1) is 14.1. The minimum absolute atomic E-state index is 0.228. The van der Waals surface area contributed by atoms with E-state index < -0.39 is 0 Å². The van der Waals surface area contributed by atoms with Crippen LogP contribution in [0.3, 0.4) is 0 Å². The molecular weight excluding hydrogens is 362 g/mol. The van der Waals surface area contributed by atoms with Crippen molar-refractivity contribution in [2.45, 2.75) is 27.3 Å². The Hall–Kier alpha value is -3.41. The summed E-state index contributed by atoms with van der Waals surface area (Å²) in [5, 5.41) is 6.27. The van der Waals surface area contributed by atoms with Gasteiger partial charge in [0.05, 0.1) is 0 Å². The molecule has 0 aliphatic rings. The molecule has 0 aliphatic heterocycles. The van der Waals surface area contributed by atoms with E-state index in [1.165, 1.54) is 0 Å². The van der Waals surface area contributed by atoms with Crippen LogP contribution >= 0.6 is 0 Å². The Morgan fingerprint density at radius 3 is 2.59 bits per heavy atom. The van der Waals surface area contributed by atoms with Crippen molar-refractivity contribution < 1.29 is 4.79 Å². The van der Waals surface area contributed by atoms with Crippen molar-refractivity contribution in [2.24, 2.45) is 0 Å². The topological polar surface area (TPSA) is 70.2 Å². The number of anilines is 3. The van der Waals surface area contributed by atoms with Gasteiger partial charge in [-0.25, -0.2) is 0 Å². The molecule has 0 saturated heterocycles. The first-order valence-corrected chi connectivity index (χ1v) is 9.86. The van der Waals surface area contributed by atoms with E-state index in [1.807, 2.05) is 43.5 Å². The number of nitrogens with zero attached hydrogens (tertiary/aromatic N) is 3. The van der Waals surface area contributed by atoms with E-state index in [0.29, 0.717) is 12.2 Å². The Morgan fingerprint density at radius 1 is 1.07 bits per heavy atom. The lowest BCUT2D eigenvalue weighted by atomic mass is 10.1. The molecule has 2 aromatic heterocycles. The quantitative estimate of drug-likeness (QED) is 0.594. The lowest BCUT2D eigenvalue weighted by Crippen LogP contribution is -2.22. The number of carbonyl (C=O) groups is 1. The summed E-state index contributed by atoms with van der Waals surface area (Å²) in [6.45, 7) is 8.80. The third-order valence-corrected chi connectivity index (χ3v) is 4.80. The van der Waals surface area contributed by atoms with Crippen molar-refractivity contribution >= 4 is 23.0 Å². The summed E-state index contributed by atoms with van der Waals surface area (Å²) >= 11 is 0. The largest absolute Gasteiger partial charge is 0.381 e. The number of pyridine rings is 2. The Labute approximate surface area is 172 Å². The van der Waals surface area contributed by atoms with Crippen LogP contribution in [0.2, 0.25) is 0 Å². The van der Waals surface area contributed by atoms with E-state index >= 15 is 0 Å². The van der Waals surface area contributed by atoms with Crippen LogP contribution in [0.15, 0.2) is 61.1 Å². The van der Waals surface area contributed by atoms with Crippen molar-refractivity contribution in [2.75, 3.05) is 28.6 Å². The molecule has 0 spiro atoms.